The lowest BCUT2D eigenvalue weighted by atomic mass is 10.2. The van der Waals surface area contributed by atoms with Crippen LogP contribution in [-0.2, 0) is 28.4 Å². The molecular formula is C26H26N4O5S. The molecule has 4 rings (SSSR count). The summed E-state index contributed by atoms with van der Waals surface area (Å²) in [4.78, 5) is 25.4. The number of carbonyl (C=O) groups is 2. The van der Waals surface area contributed by atoms with Crippen LogP contribution in [0.1, 0.15) is 23.0 Å². The van der Waals surface area contributed by atoms with Gasteiger partial charge in [-0.15, -0.1) is 0 Å². The number of carboxylic acid groups (broad SMARTS) is 1. The van der Waals surface area contributed by atoms with Crippen molar-refractivity contribution in [1.82, 2.24) is 9.55 Å². The number of aromatic carboxylic acids is 1. The van der Waals surface area contributed by atoms with Gasteiger partial charge in [-0.3, -0.25) is 9.10 Å². The average Bonchev–Trinajstić information content (AvgIpc) is 3.30. The van der Waals surface area contributed by atoms with Gasteiger partial charge in [0.05, 0.1) is 29.7 Å². The summed E-state index contributed by atoms with van der Waals surface area (Å²) in [5.74, 6) is -1.16. The molecule has 0 spiro atoms. The van der Waals surface area contributed by atoms with Gasteiger partial charge in [0.25, 0.3) is 10.0 Å². The summed E-state index contributed by atoms with van der Waals surface area (Å²) < 4.78 is 29.4. The molecule has 0 aliphatic heterocycles. The van der Waals surface area contributed by atoms with Gasteiger partial charge in [0.1, 0.15) is 5.69 Å². The van der Waals surface area contributed by atoms with Gasteiger partial charge < -0.3 is 15.0 Å². The van der Waals surface area contributed by atoms with Crippen LogP contribution in [0.4, 0.5) is 11.4 Å². The number of rotatable bonds is 7. The molecule has 0 aliphatic carbocycles. The van der Waals surface area contributed by atoms with E-state index in [2.05, 4.69) is 10.3 Å². The normalized spacial score (nSPS) is 10.6. The van der Waals surface area contributed by atoms with Gasteiger partial charge in [-0.1, -0.05) is 54.6 Å². The zero-order valence-electron chi connectivity index (χ0n) is 19.8. The molecule has 9 nitrogen and oxygen atoms in total. The van der Waals surface area contributed by atoms with Crippen LogP contribution in [0.3, 0.4) is 0 Å². The molecule has 4 aromatic rings. The highest BCUT2D eigenvalue weighted by atomic mass is 32.2. The Balaban J connectivity index is 0.000000338. The Bertz CT molecular complexity index is 1420. The number of carbonyl (C=O) groups excluding carboxylic acids is 1. The van der Waals surface area contributed by atoms with Crippen molar-refractivity contribution in [1.29, 1.82) is 0 Å². The molecule has 0 unspecified atom stereocenters. The maximum atomic E-state index is 13.3. The Labute approximate surface area is 209 Å². The minimum atomic E-state index is -3.78. The molecule has 3 aromatic carbocycles. The van der Waals surface area contributed by atoms with Crippen molar-refractivity contribution in [3.8, 4) is 0 Å². The highest BCUT2D eigenvalue weighted by Crippen LogP contribution is 2.28. The van der Waals surface area contributed by atoms with Gasteiger partial charge >= 0.3 is 5.97 Å². The van der Waals surface area contributed by atoms with Gasteiger partial charge in [0.2, 0.25) is 5.91 Å². The molecule has 0 fully saturated rings. The van der Waals surface area contributed by atoms with Crippen LogP contribution in [-0.4, -0.2) is 35.0 Å². The first-order valence-electron chi connectivity index (χ1n) is 10.9. The SMILES string of the molecule is CC(=O)Nc1cccc(N(Cc2ccccc2)S(=O)(=O)c2ccccc2)c1.Cn1cncc1C(=O)O. The van der Waals surface area contributed by atoms with Crippen LogP contribution >= 0.6 is 0 Å². The summed E-state index contributed by atoms with van der Waals surface area (Å²) in [5, 5.41) is 11.1. The fourth-order valence-corrected chi connectivity index (χ4v) is 4.76. The van der Waals surface area contributed by atoms with Crippen molar-refractivity contribution >= 4 is 33.3 Å². The Morgan fingerprint density at radius 1 is 0.972 bits per heavy atom. The molecule has 36 heavy (non-hydrogen) atoms. The summed E-state index contributed by atoms with van der Waals surface area (Å²) in [5.41, 5.74) is 2.09. The summed E-state index contributed by atoms with van der Waals surface area (Å²) in [6.45, 7) is 1.59. The summed E-state index contributed by atoms with van der Waals surface area (Å²) in [6, 6.07) is 24.5. The third kappa shape index (κ3) is 6.80. The number of carboxylic acids is 1. The quantitative estimate of drug-likeness (QED) is 0.388. The second-order valence-corrected chi connectivity index (χ2v) is 9.60. The summed E-state index contributed by atoms with van der Waals surface area (Å²) >= 11 is 0. The van der Waals surface area contributed by atoms with Gasteiger partial charge in [0, 0.05) is 19.7 Å². The average molecular weight is 507 g/mol. The minimum Gasteiger partial charge on any atom is -0.477 e. The van der Waals surface area contributed by atoms with Crippen LogP contribution in [0.5, 0.6) is 0 Å². The van der Waals surface area contributed by atoms with Crippen LogP contribution in [0.2, 0.25) is 0 Å². The summed E-state index contributed by atoms with van der Waals surface area (Å²) in [6.07, 6.45) is 2.76. The molecule has 1 amide bonds. The number of aromatic nitrogens is 2. The molecule has 0 atom stereocenters. The van der Waals surface area contributed by atoms with E-state index in [1.165, 1.54) is 28.3 Å². The summed E-state index contributed by atoms with van der Waals surface area (Å²) in [7, 11) is -2.14. The molecule has 0 saturated heterocycles. The molecule has 1 heterocycles. The lowest BCUT2D eigenvalue weighted by Gasteiger charge is -2.25. The number of hydrogen-bond donors (Lipinski definition) is 2. The van der Waals surface area contributed by atoms with Gasteiger partial charge in [0.15, 0.2) is 0 Å². The number of benzene rings is 3. The predicted octanol–water partition coefficient (Wildman–Crippen LogP) is 4.16. The second kappa shape index (κ2) is 11.8. The molecule has 0 radical (unpaired) electrons. The molecule has 186 valence electrons. The number of amides is 1. The minimum absolute atomic E-state index is 0.182. The maximum absolute atomic E-state index is 13.3. The molecule has 1 aromatic heterocycles. The number of anilines is 2. The lowest BCUT2D eigenvalue weighted by molar-refractivity contribution is -0.114. The first-order chi connectivity index (χ1) is 17.2. The maximum Gasteiger partial charge on any atom is 0.354 e. The number of nitrogens with one attached hydrogen (secondary N) is 1. The van der Waals surface area contributed by atoms with Crippen LogP contribution < -0.4 is 9.62 Å². The zero-order chi connectivity index (χ0) is 26.1. The van der Waals surface area contributed by atoms with E-state index < -0.39 is 16.0 Å². The largest absolute Gasteiger partial charge is 0.477 e. The van der Waals surface area contributed by atoms with Crippen molar-refractivity contribution in [3.63, 3.8) is 0 Å². The smallest absolute Gasteiger partial charge is 0.354 e. The highest BCUT2D eigenvalue weighted by molar-refractivity contribution is 7.92. The van der Waals surface area contributed by atoms with E-state index in [0.29, 0.717) is 11.4 Å². The van der Waals surface area contributed by atoms with Crippen molar-refractivity contribution in [3.05, 3.63) is 109 Å². The third-order valence-corrected chi connectivity index (χ3v) is 6.78. The van der Waals surface area contributed by atoms with Crippen molar-refractivity contribution in [2.75, 3.05) is 9.62 Å². The van der Waals surface area contributed by atoms with Crippen LogP contribution in [0.25, 0.3) is 0 Å². The number of sulfonamides is 1. The van der Waals surface area contributed by atoms with Crippen LogP contribution in [0, 0.1) is 0 Å². The molecule has 0 saturated carbocycles. The first kappa shape index (κ1) is 26.2. The van der Waals surface area contributed by atoms with Crippen molar-refractivity contribution in [2.24, 2.45) is 7.05 Å². The highest BCUT2D eigenvalue weighted by Gasteiger charge is 2.25. The van der Waals surface area contributed by atoms with Crippen molar-refractivity contribution < 1.29 is 23.1 Å². The monoisotopic (exact) mass is 506 g/mol. The Morgan fingerprint density at radius 2 is 1.61 bits per heavy atom. The number of hydrogen-bond acceptors (Lipinski definition) is 5. The zero-order valence-corrected chi connectivity index (χ0v) is 20.6. The molecule has 2 N–H and O–H groups in total. The Hall–Kier alpha value is -4.44. The molecule has 0 bridgehead atoms. The number of aryl methyl sites for hydroxylation is 1. The van der Waals surface area contributed by atoms with Gasteiger partial charge in [-0.25, -0.2) is 18.2 Å². The fraction of sp³-hybridized carbons (Fsp3) is 0.115. The van der Waals surface area contributed by atoms with Crippen molar-refractivity contribution in [2.45, 2.75) is 18.4 Å². The molecule has 0 aliphatic rings. The fourth-order valence-electron chi connectivity index (χ4n) is 3.29. The van der Waals surface area contributed by atoms with E-state index in [1.807, 2.05) is 30.3 Å². The van der Waals surface area contributed by atoms with E-state index in [9.17, 15) is 18.0 Å². The second-order valence-electron chi connectivity index (χ2n) is 7.74. The van der Waals surface area contributed by atoms with Gasteiger partial charge in [-0.05, 0) is 35.9 Å². The molecular weight excluding hydrogens is 480 g/mol. The van der Waals surface area contributed by atoms with Gasteiger partial charge in [-0.2, -0.15) is 0 Å². The third-order valence-electron chi connectivity index (χ3n) is 4.99. The first-order valence-corrected chi connectivity index (χ1v) is 12.3. The lowest BCUT2D eigenvalue weighted by Crippen LogP contribution is -2.30. The van der Waals surface area contributed by atoms with E-state index in [1.54, 1.807) is 61.6 Å². The molecule has 10 heteroatoms. The van der Waals surface area contributed by atoms with E-state index in [0.717, 1.165) is 5.56 Å². The van der Waals surface area contributed by atoms with E-state index in [-0.39, 0.29) is 23.0 Å². The Morgan fingerprint density at radius 3 is 2.14 bits per heavy atom. The standard InChI is InChI=1S/C21H20N2O3S.C5H6N2O2/c1-17(24)22-19-11-8-12-20(15-19)23(16-18-9-4-2-5-10-18)27(25,26)21-13-6-3-7-14-21;1-7-3-6-2-4(7)5(8)9/h2-15H,16H2,1H3,(H,22,24);2-3H,1H3,(H,8,9). The van der Waals surface area contributed by atoms with E-state index >= 15 is 0 Å². The number of imidazole rings is 1. The van der Waals surface area contributed by atoms with Crippen LogP contribution in [0.15, 0.2) is 102 Å². The number of nitrogens with zero attached hydrogens (tertiary/aromatic N) is 3. The predicted molar refractivity (Wildman–Crippen MR) is 137 cm³/mol. The van der Waals surface area contributed by atoms with E-state index in [4.69, 9.17) is 5.11 Å². The topological polar surface area (TPSA) is 122 Å². The Kier molecular flexibility index (Phi) is 8.58.